The Kier molecular flexibility index (Phi) is 6.51. The van der Waals surface area contributed by atoms with Gasteiger partial charge in [-0.05, 0) is 56.7 Å². The minimum Gasteiger partial charge on any atom is -0.372 e. The third-order valence-corrected chi connectivity index (χ3v) is 3.95. The van der Waals surface area contributed by atoms with E-state index in [1.165, 1.54) is 0 Å². The second-order valence-electron chi connectivity index (χ2n) is 5.63. The molecule has 1 heterocycles. The van der Waals surface area contributed by atoms with Gasteiger partial charge in [-0.25, -0.2) is 0 Å². The van der Waals surface area contributed by atoms with Crippen molar-refractivity contribution in [3.63, 3.8) is 0 Å². The second-order valence-corrected chi connectivity index (χ2v) is 5.63. The number of anilines is 2. The Balaban J connectivity index is 1.96. The Bertz CT molecular complexity index is 727. The van der Waals surface area contributed by atoms with Crippen LogP contribution in [0.1, 0.15) is 25.1 Å². The maximum Gasteiger partial charge on any atom is 0.313 e. The first-order chi connectivity index (χ1) is 12.0. The highest BCUT2D eigenvalue weighted by Gasteiger charge is 2.15. The van der Waals surface area contributed by atoms with Crippen LogP contribution in [0, 0.1) is 6.92 Å². The summed E-state index contributed by atoms with van der Waals surface area (Å²) in [5, 5.41) is 5.22. The Morgan fingerprint density at radius 3 is 2.44 bits per heavy atom. The van der Waals surface area contributed by atoms with Gasteiger partial charge in [0.05, 0.1) is 12.2 Å². The van der Waals surface area contributed by atoms with Crippen LogP contribution in [0.25, 0.3) is 0 Å². The molecule has 0 spiro atoms. The number of aromatic nitrogens is 1. The predicted octanol–water partition coefficient (Wildman–Crippen LogP) is 2.49. The number of amides is 2. The third kappa shape index (κ3) is 5.04. The zero-order valence-corrected chi connectivity index (χ0v) is 14.9. The Morgan fingerprint density at radius 1 is 1.08 bits per heavy atom. The molecule has 6 heteroatoms. The highest BCUT2D eigenvalue weighted by Crippen LogP contribution is 2.22. The van der Waals surface area contributed by atoms with Crippen LogP contribution >= 0.6 is 0 Å². The molecule has 0 bridgehead atoms. The third-order valence-electron chi connectivity index (χ3n) is 3.95. The van der Waals surface area contributed by atoms with E-state index in [4.69, 9.17) is 0 Å². The zero-order chi connectivity index (χ0) is 18.2. The number of aryl methyl sites for hydroxylation is 1. The minimum atomic E-state index is -0.686. The fourth-order valence-electron chi connectivity index (χ4n) is 2.51. The quantitative estimate of drug-likeness (QED) is 0.792. The number of carbonyl (C=O) groups excluding carboxylic acids is 2. The van der Waals surface area contributed by atoms with Crippen molar-refractivity contribution in [1.82, 2.24) is 10.3 Å². The average molecular weight is 340 g/mol. The number of pyridine rings is 1. The number of hydrogen-bond acceptors (Lipinski definition) is 4. The summed E-state index contributed by atoms with van der Waals surface area (Å²) in [4.78, 5) is 30.3. The van der Waals surface area contributed by atoms with Crippen LogP contribution in [0.5, 0.6) is 0 Å². The fourth-order valence-corrected chi connectivity index (χ4v) is 2.51. The Labute approximate surface area is 148 Å². The highest BCUT2D eigenvalue weighted by molar-refractivity contribution is 6.39. The summed E-state index contributed by atoms with van der Waals surface area (Å²) in [5.41, 5.74) is 3.34. The number of rotatable bonds is 6. The lowest BCUT2D eigenvalue weighted by atomic mass is 10.1. The normalized spacial score (nSPS) is 10.2. The molecule has 0 saturated carbocycles. The molecule has 6 nitrogen and oxygen atoms in total. The highest BCUT2D eigenvalue weighted by atomic mass is 16.2. The summed E-state index contributed by atoms with van der Waals surface area (Å²) in [6.45, 7) is 8.15. The van der Waals surface area contributed by atoms with Crippen molar-refractivity contribution in [2.75, 3.05) is 23.3 Å². The molecule has 0 aliphatic carbocycles. The van der Waals surface area contributed by atoms with Crippen LogP contribution in [0.4, 0.5) is 11.4 Å². The van der Waals surface area contributed by atoms with Crippen LogP contribution in [0.15, 0.2) is 42.6 Å². The maximum atomic E-state index is 12.1. The molecule has 132 valence electrons. The van der Waals surface area contributed by atoms with Crippen molar-refractivity contribution in [3.8, 4) is 0 Å². The summed E-state index contributed by atoms with van der Waals surface area (Å²) in [6.07, 6.45) is 1.64. The summed E-state index contributed by atoms with van der Waals surface area (Å²) in [7, 11) is 0. The van der Waals surface area contributed by atoms with E-state index in [2.05, 4.69) is 34.4 Å². The summed E-state index contributed by atoms with van der Waals surface area (Å²) in [5.74, 6) is -1.37. The molecule has 2 aromatic rings. The van der Waals surface area contributed by atoms with Crippen molar-refractivity contribution in [3.05, 3.63) is 53.9 Å². The van der Waals surface area contributed by atoms with Gasteiger partial charge in [0.1, 0.15) is 0 Å². The largest absolute Gasteiger partial charge is 0.372 e. The molecule has 2 rings (SSSR count). The van der Waals surface area contributed by atoms with Crippen LogP contribution in [-0.4, -0.2) is 29.9 Å². The monoisotopic (exact) mass is 340 g/mol. The van der Waals surface area contributed by atoms with Gasteiger partial charge in [-0.2, -0.15) is 0 Å². The Hall–Kier alpha value is -2.89. The molecule has 0 unspecified atom stereocenters. The molecular formula is C19H24N4O2. The van der Waals surface area contributed by atoms with Crippen molar-refractivity contribution in [2.45, 2.75) is 27.3 Å². The molecule has 0 aliphatic heterocycles. The predicted molar refractivity (Wildman–Crippen MR) is 99.5 cm³/mol. The van der Waals surface area contributed by atoms with E-state index in [9.17, 15) is 9.59 Å². The SMILES string of the molecule is CCN(CC)c1ccc(NC(=O)C(=O)NCc2ccccn2)c(C)c1. The van der Waals surface area contributed by atoms with E-state index in [-0.39, 0.29) is 6.54 Å². The van der Waals surface area contributed by atoms with Crippen molar-refractivity contribution in [1.29, 1.82) is 0 Å². The molecule has 2 amide bonds. The van der Waals surface area contributed by atoms with Crippen LogP contribution in [-0.2, 0) is 16.1 Å². The lowest BCUT2D eigenvalue weighted by Crippen LogP contribution is -2.35. The molecule has 1 aromatic carbocycles. The fraction of sp³-hybridized carbons (Fsp3) is 0.316. The van der Waals surface area contributed by atoms with E-state index in [0.717, 1.165) is 24.3 Å². The topological polar surface area (TPSA) is 74.3 Å². The molecule has 2 N–H and O–H groups in total. The lowest BCUT2D eigenvalue weighted by molar-refractivity contribution is -0.136. The van der Waals surface area contributed by atoms with Crippen LogP contribution in [0.2, 0.25) is 0 Å². The van der Waals surface area contributed by atoms with Crippen LogP contribution < -0.4 is 15.5 Å². The van der Waals surface area contributed by atoms with E-state index in [1.54, 1.807) is 18.3 Å². The molecular weight excluding hydrogens is 316 g/mol. The number of nitrogens with one attached hydrogen (secondary N) is 2. The standard InChI is InChI=1S/C19H24N4O2/c1-4-23(5-2)16-9-10-17(14(3)12-16)22-19(25)18(24)21-13-15-8-6-7-11-20-15/h6-12H,4-5,13H2,1-3H3,(H,21,24)(H,22,25). The zero-order valence-electron chi connectivity index (χ0n) is 14.9. The van der Waals surface area contributed by atoms with Gasteiger partial charge >= 0.3 is 11.8 Å². The van der Waals surface area contributed by atoms with Crippen molar-refractivity contribution >= 4 is 23.2 Å². The number of hydrogen-bond donors (Lipinski definition) is 2. The van der Waals surface area contributed by atoms with E-state index < -0.39 is 11.8 Å². The summed E-state index contributed by atoms with van der Waals surface area (Å²) < 4.78 is 0. The van der Waals surface area contributed by atoms with Crippen molar-refractivity contribution < 1.29 is 9.59 Å². The maximum absolute atomic E-state index is 12.1. The molecule has 0 fully saturated rings. The average Bonchev–Trinajstić information content (AvgIpc) is 2.63. The number of nitrogens with zero attached hydrogens (tertiary/aromatic N) is 2. The number of benzene rings is 1. The second kappa shape index (κ2) is 8.82. The first kappa shape index (κ1) is 18.4. The van der Waals surface area contributed by atoms with Gasteiger partial charge in [0.25, 0.3) is 0 Å². The first-order valence-corrected chi connectivity index (χ1v) is 8.39. The molecule has 0 radical (unpaired) electrons. The molecule has 0 atom stereocenters. The number of carbonyl (C=O) groups is 2. The van der Waals surface area contributed by atoms with Gasteiger partial charge in [0.2, 0.25) is 0 Å². The first-order valence-electron chi connectivity index (χ1n) is 8.39. The van der Waals surface area contributed by atoms with E-state index in [0.29, 0.717) is 11.4 Å². The summed E-state index contributed by atoms with van der Waals surface area (Å²) >= 11 is 0. The van der Waals surface area contributed by atoms with Crippen LogP contribution in [0.3, 0.4) is 0 Å². The van der Waals surface area contributed by atoms with E-state index >= 15 is 0 Å². The van der Waals surface area contributed by atoms with Gasteiger partial charge in [0.15, 0.2) is 0 Å². The smallest absolute Gasteiger partial charge is 0.313 e. The van der Waals surface area contributed by atoms with Gasteiger partial charge in [-0.3, -0.25) is 14.6 Å². The van der Waals surface area contributed by atoms with Gasteiger partial charge in [0, 0.05) is 30.7 Å². The molecule has 0 saturated heterocycles. The van der Waals surface area contributed by atoms with E-state index in [1.807, 2.05) is 31.2 Å². The lowest BCUT2D eigenvalue weighted by Gasteiger charge is -2.22. The van der Waals surface area contributed by atoms with Gasteiger partial charge in [-0.15, -0.1) is 0 Å². The van der Waals surface area contributed by atoms with Gasteiger partial charge in [-0.1, -0.05) is 6.07 Å². The van der Waals surface area contributed by atoms with Crippen molar-refractivity contribution in [2.24, 2.45) is 0 Å². The Morgan fingerprint density at radius 2 is 1.84 bits per heavy atom. The molecule has 25 heavy (non-hydrogen) atoms. The van der Waals surface area contributed by atoms with Gasteiger partial charge < -0.3 is 15.5 Å². The molecule has 1 aromatic heterocycles. The minimum absolute atomic E-state index is 0.215. The summed E-state index contributed by atoms with van der Waals surface area (Å²) in [6, 6.07) is 11.2. The molecule has 0 aliphatic rings.